The molecule has 0 radical (unpaired) electrons. The van der Waals surface area contributed by atoms with Crippen molar-refractivity contribution < 1.29 is 9.53 Å². The van der Waals surface area contributed by atoms with Crippen LogP contribution in [0.4, 0.5) is 0 Å². The van der Waals surface area contributed by atoms with E-state index in [2.05, 4.69) is 15.5 Å². The maximum absolute atomic E-state index is 11.2. The second kappa shape index (κ2) is 4.97. The number of nitrogens with zero attached hydrogens (tertiary/aromatic N) is 1. The minimum atomic E-state index is -0.291. The van der Waals surface area contributed by atoms with Crippen LogP contribution in [0.2, 0.25) is 0 Å². The standard InChI is InChI=1S/C8H11N3O2/c1-2-13-6-10-11-8(12)7-4-3-5-9-7/h3-6,9H,2H2,1H3,(H,11,12). The molecule has 0 aliphatic heterocycles. The summed E-state index contributed by atoms with van der Waals surface area (Å²) in [4.78, 5) is 13.9. The zero-order chi connectivity index (χ0) is 9.52. The molecule has 1 amide bonds. The van der Waals surface area contributed by atoms with Crippen molar-refractivity contribution in [3.05, 3.63) is 24.0 Å². The van der Waals surface area contributed by atoms with Gasteiger partial charge >= 0.3 is 0 Å². The Labute approximate surface area is 75.8 Å². The fourth-order valence-corrected chi connectivity index (χ4v) is 0.729. The highest BCUT2D eigenvalue weighted by Crippen LogP contribution is 1.92. The second-order valence-corrected chi connectivity index (χ2v) is 2.21. The molecule has 0 aromatic carbocycles. The molecule has 13 heavy (non-hydrogen) atoms. The molecule has 70 valence electrons. The molecule has 1 aromatic heterocycles. The summed E-state index contributed by atoms with van der Waals surface area (Å²) in [5.41, 5.74) is 2.76. The molecule has 1 aromatic rings. The molecule has 0 bridgehead atoms. The lowest BCUT2D eigenvalue weighted by Crippen LogP contribution is -2.17. The number of hydrogen-bond acceptors (Lipinski definition) is 3. The monoisotopic (exact) mass is 181 g/mol. The number of aromatic amines is 1. The number of hydrogen-bond donors (Lipinski definition) is 2. The van der Waals surface area contributed by atoms with Gasteiger partial charge in [0.05, 0.1) is 6.61 Å². The maximum atomic E-state index is 11.2. The highest BCUT2D eigenvalue weighted by Gasteiger charge is 2.02. The van der Waals surface area contributed by atoms with Crippen LogP contribution in [0.25, 0.3) is 0 Å². The SMILES string of the molecule is CCOC=NNC(=O)c1ccc[nH]1. The van der Waals surface area contributed by atoms with E-state index >= 15 is 0 Å². The van der Waals surface area contributed by atoms with Crippen molar-refractivity contribution in [3.63, 3.8) is 0 Å². The molecule has 1 rings (SSSR count). The van der Waals surface area contributed by atoms with Crippen LogP contribution in [-0.4, -0.2) is 23.9 Å². The van der Waals surface area contributed by atoms with E-state index < -0.39 is 0 Å². The van der Waals surface area contributed by atoms with Gasteiger partial charge in [0.2, 0.25) is 0 Å². The zero-order valence-electron chi connectivity index (χ0n) is 7.28. The van der Waals surface area contributed by atoms with Crippen LogP contribution in [0.5, 0.6) is 0 Å². The number of ether oxygens (including phenoxy) is 1. The van der Waals surface area contributed by atoms with Crippen molar-refractivity contribution in [2.75, 3.05) is 6.61 Å². The third kappa shape index (κ3) is 2.98. The van der Waals surface area contributed by atoms with Crippen LogP contribution < -0.4 is 5.43 Å². The molecule has 0 atom stereocenters. The fraction of sp³-hybridized carbons (Fsp3) is 0.250. The van der Waals surface area contributed by atoms with Crippen molar-refractivity contribution in [1.82, 2.24) is 10.4 Å². The van der Waals surface area contributed by atoms with Crippen LogP contribution >= 0.6 is 0 Å². The Bertz CT molecular complexity index is 280. The van der Waals surface area contributed by atoms with Gasteiger partial charge in [-0.25, -0.2) is 5.43 Å². The molecule has 0 spiro atoms. The third-order valence-electron chi connectivity index (χ3n) is 1.30. The number of rotatable bonds is 4. The summed E-state index contributed by atoms with van der Waals surface area (Å²) < 4.78 is 4.78. The number of H-pyrrole nitrogens is 1. The Morgan fingerprint density at radius 1 is 1.85 bits per heavy atom. The normalized spacial score (nSPS) is 10.2. The molecule has 1 heterocycles. The predicted molar refractivity (Wildman–Crippen MR) is 48.4 cm³/mol. The molecule has 0 saturated heterocycles. The lowest BCUT2D eigenvalue weighted by molar-refractivity contribution is 0.0949. The summed E-state index contributed by atoms with van der Waals surface area (Å²) in [6, 6.07) is 3.40. The van der Waals surface area contributed by atoms with E-state index in [0.717, 1.165) is 0 Å². The Morgan fingerprint density at radius 3 is 3.31 bits per heavy atom. The van der Waals surface area contributed by atoms with Crippen LogP contribution in [0.1, 0.15) is 17.4 Å². The first-order chi connectivity index (χ1) is 6.34. The molecule has 5 nitrogen and oxygen atoms in total. The zero-order valence-corrected chi connectivity index (χ0v) is 7.28. The minimum Gasteiger partial charge on any atom is -0.482 e. The molecule has 0 aliphatic rings. The molecule has 0 aliphatic carbocycles. The van der Waals surface area contributed by atoms with Gasteiger partial charge in [-0.2, -0.15) is 0 Å². The first-order valence-corrected chi connectivity index (χ1v) is 3.91. The number of carbonyl (C=O) groups is 1. The highest BCUT2D eigenvalue weighted by atomic mass is 16.5. The summed E-state index contributed by atoms with van der Waals surface area (Å²) in [7, 11) is 0. The largest absolute Gasteiger partial charge is 0.482 e. The highest BCUT2D eigenvalue weighted by molar-refractivity contribution is 5.92. The van der Waals surface area contributed by atoms with Crippen LogP contribution in [0, 0.1) is 0 Å². The maximum Gasteiger partial charge on any atom is 0.287 e. The quantitative estimate of drug-likeness (QED) is 0.408. The van der Waals surface area contributed by atoms with Crippen LogP contribution in [0.3, 0.4) is 0 Å². The fourth-order valence-electron chi connectivity index (χ4n) is 0.729. The van der Waals surface area contributed by atoms with Crippen molar-refractivity contribution in [1.29, 1.82) is 0 Å². The van der Waals surface area contributed by atoms with Gasteiger partial charge in [-0.05, 0) is 19.1 Å². The Kier molecular flexibility index (Phi) is 3.56. The number of amides is 1. The van der Waals surface area contributed by atoms with E-state index in [4.69, 9.17) is 4.74 Å². The van der Waals surface area contributed by atoms with Crippen molar-refractivity contribution in [3.8, 4) is 0 Å². The Balaban J connectivity index is 2.34. The van der Waals surface area contributed by atoms with E-state index in [9.17, 15) is 4.79 Å². The van der Waals surface area contributed by atoms with E-state index in [1.165, 1.54) is 6.40 Å². The van der Waals surface area contributed by atoms with Gasteiger partial charge in [-0.3, -0.25) is 4.79 Å². The first-order valence-electron chi connectivity index (χ1n) is 3.91. The first kappa shape index (κ1) is 9.31. The van der Waals surface area contributed by atoms with E-state index in [1.54, 1.807) is 18.3 Å². The van der Waals surface area contributed by atoms with Crippen molar-refractivity contribution >= 4 is 12.3 Å². The molecule has 5 heteroatoms. The number of hydrazone groups is 1. The van der Waals surface area contributed by atoms with Crippen molar-refractivity contribution in [2.45, 2.75) is 6.92 Å². The van der Waals surface area contributed by atoms with Gasteiger partial charge in [-0.1, -0.05) is 0 Å². The number of nitrogens with one attached hydrogen (secondary N) is 2. The van der Waals surface area contributed by atoms with E-state index in [1.807, 2.05) is 6.92 Å². The van der Waals surface area contributed by atoms with Crippen molar-refractivity contribution in [2.24, 2.45) is 5.10 Å². The van der Waals surface area contributed by atoms with E-state index in [0.29, 0.717) is 12.3 Å². The summed E-state index contributed by atoms with van der Waals surface area (Å²) in [5, 5.41) is 3.55. The second-order valence-electron chi connectivity index (χ2n) is 2.21. The predicted octanol–water partition coefficient (Wildman–Crippen LogP) is 0.724. The third-order valence-corrected chi connectivity index (χ3v) is 1.30. The van der Waals surface area contributed by atoms with Gasteiger partial charge in [-0.15, -0.1) is 5.10 Å². The molecular weight excluding hydrogens is 170 g/mol. The van der Waals surface area contributed by atoms with Gasteiger partial charge < -0.3 is 9.72 Å². The summed E-state index contributed by atoms with van der Waals surface area (Å²) in [6.45, 7) is 2.36. The molecule has 2 N–H and O–H groups in total. The van der Waals surface area contributed by atoms with Gasteiger partial charge in [0.25, 0.3) is 5.91 Å². The van der Waals surface area contributed by atoms with Gasteiger partial charge in [0.1, 0.15) is 5.69 Å². The van der Waals surface area contributed by atoms with Crippen LogP contribution in [-0.2, 0) is 4.74 Å². The van der Waals surface area contributed by atoms with Gasteiger partial charge in [0, 0.05) is 6.20 Å². The van der Waals surface area contributed by atoms with Crippen LogP contribution in [0.15, 0.2) is 23.4 Å². The minimum absolute atomic E-state index is 0.291. The lowest BCUT2D eigenvalue weighted by Gasteiger charge is -1.95. The molecule has 0 unspecified atom stereocenters. The molecule has 0 fully saturated rings. The van der Waals surface area contributed by atoms with E-state index in [-0.39, 0.29) is 5.91 Å². The lowest BCUT2D eigenvalue weighted by atomic mass is 10.4. The smallest absolute Gasteiger partial charge is 0.287 e. The summed E-state index contributed by atoms with van der Waals surface area (Å²) >= 11 is 0. The Morgan fingerprint density at radius 2 is 2.69 bits per heavy atom. The number of aromatic nitrogens is 1. The average Bonchev–Trinajstić information content (AvgIpc) is 2.65. The number of carbonyl (C=O) groups excluding carboxylic acids is 1. The van der Waals surface area contributed by atoms with Gasteiger partial charge in [0.15, 0.2) is 6.40 Å². The topological polar surface area (TPSA) is 66.5 Å². The Hall–Kier alpha value is -1.78. The molecular formula is C8H11N3O2. The summed E-state index contributed by atoms with van der Waals surface area (Å²) in [6.07, 6.45) is 2.86. The summed E-state index contributed by atoms with van der Waals surface area (Å²) in [5.74, 6) is -0.291. The average molecular weight is 181 g/mol. The molecule has 0 saturated carbocycles.